The fraction of sp³-hybridized carbons (Fsp3) is 0.214. The lowest BCUT2D eigenvalue weighted by Gasteiger charge is -2.32. The topological polar surface area (TPSA) is 65.1 Å². The molecule has 1 unspecified atom stereocenters. The van der Waals surface area contributed by atoms with Crippen LogP contribution in [-0.2, 0) is 20.9 Å². The Morgan fingerprint density at radius 3 is 2.57 bits per heavy atom. The summed E-state index contributed by atoms with van der Waals surface area (Å²) < 4.78 is 16.9. The molecule has 0 aliphatic carbocycles. The fourth-order valence-corrected chi connectivity index (χ4v) is 4.69. The number of amides is 1. The first-order valence-electron chi connectivity index (χ1n) is 11.3. The van der Waals surface area contributed by atoms with Gasteiger partial charge < -0.3 is 14.2 Å². The van der Waals surface area contributed by atoms with Crippen LogP contribution in [0, 0.1) is 6.92 Å². The van der Waals surface area contributed by atoms with E-state index in [-0.39, 0.29) is 18.9 Å². The zero-order valence-electron chi connectivity index (χ0n) is 19.4. The average Bonchev–Trinajstić information content (AvgIpc) is 3.25. The third-order valence-corrected chi connectivity index (χ3v) is 6.77. The number of nitrogens with zero attached hydrogens (tertiary/aromatic N) is 1. The predicted molar refractivity (Wildman–Crippen MR) is 133 cm³/mol. The molecule has 0 spiro atoms. The number of aryl methyl sites for hydroxylation is 1. The summed E-state index contributed by atoms with van der Waals surface area (Å²) in [7, 11) is 1.57. The van der Waals surface area contributed by atoms with E-state index < -0.39 is 11.9 Å². The Hall–Kier alpha value is -3.77. The van der Waals surface area contributed by atoms with Gasteiger partial charge in [-0.3, -0.25) is 9.69 Å². The molecule has 0 saturated heterocycles. The number of hydrogen-bond donors (Lipinski definition) is 0. The van der Waals surface area contributed by atoms with Crippen LogP contribution in [0.5, 0.6) is 11.5 Å². The molecule has 6 nitrogen and oxygen atoms in total. The van der Waals surface area contributed by atoms with Gasteiger partial charge in [0, 0.05) is 17.4 Å². The first-order valence-corrected chi connectivity index (χ1v) is 11.7. The average molecular weight is 490 g/mol. The highest BCUT2D eigenvalue weighted by Gasteiger charge is 2.43. The minimum atomic E-state index is -0.443. The van der Waals surface area contributed by atoms with E-state index in [9.17, 15) is 9.59 Å². The number of benzene rings is 3. The molecular weight excluding hydrogens is 466 g/mol. The van der Waals surface area contributed by atoms with Crippen LogP contribution in [0.1, 0.15) is 29.0 Å². The number of methoxy groups -OCH3 is 1. The molecule has 1 atom stereocenters. The maximum atomic E-state index is 13.3. The van der Waals surface area contributed by atoms with Crippen molar-refractivity contribution in [1.29, 1.82) is 0 Å². The van der Waals surface area contributed by atoms with Crippen LogP contribution in [0.4, 0.5) is 5.69 Å². The van der Waals surface area contributed by atoms with Crippen molar-refractivity contribution in [2.45, 2.75) is 25.9 Å². The first-order chi connectivity index (χ1) is 17.0. The van der Waals surface area contributed by atoms with Crippen molar-refractivity contribution in [3.8, 4) is 11.5 Å². The molecule has 1 amide bonds. The molecule has 178 valence electrons. The number of halogens is 1. The highest BCUT2D eigenvalue weighted by atomic mass is 35.5. The van der Waals surface area contributed by atoms with Crippen molar-refractivity contribution in [1.82, 2.24) is 0 Å². The van der Waals surface area contributed by atoms with Gasteiger partial charge in [-0.25, -0.2) is 4.79 Å². The molecule has 35 heavy (non-hydrogen) atoms. The van der Waals surface area contributed by atoms with E-state index >= 15 is 0 Å². The summed E-state index contributed by atoms with van der Waals surface area (Å²) >= 11 is 6.31. The zero-order valence-corrected chi connectivity index (χ0v) is 20.2. The molecule has 2 aliphatic heterocycles. The molecule has 3 aromatic rings. The maximum absolute atomic E-state index is 13.3. The first kappa shape index (κ1) is 23.0. The molecule has 7 heteroatoms. The minimum absolute atomic E-state index is 0.0390. The van der Waals surface area contributed by atoms with Crippen molar-refractivity contribution in [2.24, 2.45) is 0 Å². The van der Waals surface area contributed by atoms with E-state index in [2.05, 4.69) is 0 Å². The van der Waals surface area contributed by atoms with E-state index in [1.165, 1.54) is 0 Å². The second-order valence-electron chi connectivity index (χ2n) is 8.54. The lowest BCUT2D eigenvalue weighted by Crippen LogP contribution is -2.37. The number of rotatable bonds is 6. The van der Waals surface area contributed by atoms with Crippen LogP contribution in [0.2, 0.25) is 5.02 Å². The molecule has 0 N–H and O–H groups in total. The highest BCUT2D eigenvalue weighted by molar-refractivity contribution is 6.31. The number of ether oxygens (including phenoxy) is 3. The van der Waals surface area contributed by atoms with Gasteiger partial charge in [-0.2, -0.15) is 0 Å². The summed E-state index contributed by atoms with van der Waals surface area (Å²) in [4.78, 5) is 27.7. The second-order valence-corrected chi connectivity index (χ2v) is 8.95. The highest BCUT2D eigenvalue weighted by Crippen LogP contribution is 2.44. The number of carbonyl (C=O) groups excluding carboxylic acids is 2. The molecule has 0 fully saturated rings. The Balaban J connectivity index is 1.47. The van der Waals surface area contributed by atoms with Gasteiger partial charge >= 0.3 is 5.97 Å². The van der Waals surface area contributed by atoms with Gasteiger partial charge in [0.2, 0.25) is 5.91 Å². The number of esters is 1. The molecule has 0 radical (unpaired) electrons. The molecule has 0 saturated carbocycles. The fourth-order valence-electron chi connectivity index (χ4n) is 4.51. The van der Waals surface area contributed by atoms with Gasteiger partial charge in [0.15, 0.2) is 11.5 Å². The minimum Gasteiger partial charge on any atom is -0.493 e. The molecule has 2 aliphatic rings. The smallest absolute Gasteiger partial charge is 0.336 e. The summed E-state index contributed by atoms with van der Waals surface area (Å²) in [6.45, 7) is 2.33. The van der Waals surface area contributed by atoms with E-state index in [1.807, 2.05) is 67.6 Å². The van der Waals surface area contributed by atoms with Gasteiger partial charge in [0.25, 0.3) is 0 Å². The summed E-state index contributed by atoms with van der Waals surface area (Å²) in [5.41, 5.74) is 4.40. The molecule has 0 aromatic heterocycles. The van der Waals surface area contributed by atoms with Crippen LogP contribution in [-0.4, -0.2) is 25.6 Å². The van der Waals surface area contributed by atoms with Gasteiger partial charge in [-0.15, -0.1) is 0 Å². The van der Waals surface area contributed by atoms with E-state index in [0.717, 1.165) is 16.7 Å². The van der Waals surface area contributed by atoms with Crippen molar-refractivity contribution >= 4 is 29.2 Å². The quantitative estimate of drug-likeness (QED) is 0.424. The standard InChI is InChI=1S/C28H24ClNO5/c1-17-8-10-20(13-22(17)29)30-23-16-35-28(32)27(23)21(14-26(30)31)19-9-11-24(25(12-19)33-2)34-15-18-6-4-3-5-7-18/h3-13,21H,14-16H2,1-2H3. The summed E-state index contributed by atoms with van der Waals surface area (Å²) in [5, 5.41) is 0.556. The lowest BCUT2D eigenvalue weighted by atomic mass is 9.84. The van der Waals surface area contributed by atoms with Crippen LogP contribution in [0.3, 0.4) is 0 Å². The van der Waals surface area contributed by atoms with E-state index in [4.69, 9.17) is 25.8 Å². The van der Waals surface area contributed by atoms with Gasteiger partial charge in [0.05, 0.1) is 24.1 Å². The summed E-state index contributed by atoms with van der Waals surface area (Å²) in [6.07, 6.45) is 0.118. The molecule has 0 bridgehead atoms. The largest absolute Gasteiger partial charge is 0.493 e. The normalized spacial score (nSPS) is 17.3. The van der Waals surface area contributed by atoms with Crippen molar-refractivity contribution < 1.29 is 23.8 Å². The second kappa shape index (κ2) is 9.47. The van der Waals surface area contributed by atoms with Crippen molar-refractivity contribution in [3.05, 3.63) is 99.7 Å². The van der Waals surface area contributed by atoms with Crippen molar-refractivity contribution in [2.75, 3.05) is 18.6 Å². The van der Waals surface area contributed by atoms with Crippen molar-refractivity contribution in [3.63, 3.8) is 0 Å². The molecule has 3 aromatic carbocycles. The van der Waals surface area contributed by atoms with Crippen LogP contribution >= 0.6 is 11.6 Å². The zero-order chi connectivity index (χ0) is 24.5. The monoisotopic (exact) mass is 489 g/mol. The Morgan fingerprint density at radius 2 is 1.83 bits per heavy atom. The van der Waals surface area contributed by atoms with E-state index in [0.29, 0.717) is 40.1 Å². The molecule has 2 heterocycles. The van der Waals surface area contributed by atoms with Gasteiger partial charge in [0.1, 0.15) is 13.2 Å². The Bertz CT molecular complexity index is 1330. The van der Waals surface area contributed by atoms with Gasteiger partial charge in [-0.1, -0.05) is 54.1 Å². The Labute approximate surface area is 208 Å². The molecular formula is C28H24ClNO5. The Kier molecular flexibility index (Phi) is 6.22. The number of hydrogen-bond acceptors (Lipinski definition) is 5. The summed E-state index contributed by atoms with van der Waals surface area (Å²) in [6, 6.07) is 20.8. The third-order valence-electron chi connectivity index (χ3n) is 6.36. The Morgan fingerprint density at radius 1 is 1.03 bits per heavy atom. The van der Waals surface area contributed by atoms with Gasteiger partial charge in [-0.05, 0) is 47.9 Å². The summed E-state index contributed by atoms with van der Waals surface area (Å²) in [5.74, 6) is 0.134. The van der Waals surface area contributed by atoms with Crippen LogP contribution in [0.25, 0.3) is 0 Å². The lowest BCUT2D eigenvalue weighted by molar-refractivity contribution is -0.136. The van der Waals surface area contributed by atoms with E-state index in [1.54, 1.807) is 18.1 Å². The van der Waals surface area contributed by atoms with Crippen LogP contribution < -0.4 is 14.4 Å². The predicted octanol–water partition coefficient (Wildman–Crippen LogP) is 5.57. The maximum Gasteiger partial charge on any atom is 0.336 e. The number of cyclic esters (lactones) is 1. The van der Waals surface area contributed by atoms with Crippen LogP contribution in [0.15, 0.2) is 78.0 Å². The third kappa shape index (κ3) is 4.37. The number of carbonyl (C=O) groups is 2. The number of anilines is 1. The SMILES string of the molecule is COc1cc(C2CC(=O)N(c3ccc(C)c(Cl)c3)C3=C2C(=O)OC3)ccc1OCc1ccccc1. The molecule has 5 rings (SSSR count).